The zero-order valence-electron chi connectivity index (χ0n) is 11.4. The van der Waals surface area contributed by atoms with Gasteiger partial charge in [-0.1, -0.05) is 29.1 Å². The molecular formula is C15H12BrF3N2O. The second kappa shape index (κ2) is 6.39. The molecule has 0 saturated heterocycles. The second-order valence-electron chi connectivity index (χ2n) is 4.46. The van der Waals surface area contributed by atoms with Gasteiger partial charge in [-0.05, 0) is 30.4 Å². The molecule has 2 aromatic rings. The molecule has 7 heteroatoms. The predicted molar refractivity (Wildman–Crippen MR) is 82.1 cm³/mol. The SMILES string of the molecule is C=C(/C=C\C(=C)C(F)(F)F)OCc1nc2ccc(Br)cc2[nH]1. The molecule has 1 aromatic heterocycles. The monoisotopic (exact) mass is 372 g/mol. The van der Waals surface area contributed by atoms with Crippen LogP contribution in [-0.2, 0) is 11.3 Å². The Labute approximate surface area is 133 Å². The zero-order valence-corrected chi connectivity index (χ0v) is 13.0. The van der Waals surface area contributed by atoms with Crippen molar-refractivity contribution >= 4 is 27.0 Å². The van der Waals surface area contributed by atoms with Crippen molar-refractivity contribution in [2.24, 2.45) is 0 Å². The van der Waals surface area contributed by atoms with E-state index in [2.05, 4.69) is 39.1 Å². The van der Waals surface area contributed by atoms with Gasteiger partial charge in [0.25, 0.3) is 0 Å². The lowest BCUT2D eigenvalue weighted by Crippen LogP contribution is -2.08. The second-order valence-corrected chi connectivity index (χ2v) is 5.37. The number of aromatic amines is 1. The van der Waals surface area contributed by atoms with Crippen molar-refractivity contribution in [1.29, 1.82) is 0 Å². The highest BCUT2D eigenvalue weighted by Gasteiger charge is 2.29. The molecule has 2 rings (SSSR count). The molecule has 0 aliphatic rings. The first kappa shape index (κ1) is 16.4. The van der Waals surface area contributed by atoms with Crippen LogP contribution in [0.2, 0.25) is 0 Å². The van der Waals surface area contributed by atoms with Gasteiger partial charge in [0.1, 0.15) is 18.2 Å². The van der Waals surface area contributed by atoms with Crippen LogP contribution in [0.4, 0.5) is 13.2 Å². The molecule has 0 amide bonds. The van der Waals surface area contributed by atoms with Crippen LogP contribution < -0.4 is 0 Å². The van der Waals surface area contributed by atoms with Crippen LogP contribution in [0.5, 0.6) is 0 Å². The summed E-state index contributed by atoms with van der Waals surface area (Å²) in [7, 11) is 0. The fraction of sp³-hybridized carbons (Fsp3) is 0.133. The minimum atomic E-state index is -4.46. The van der Waals surface area contributed by atoms with Crippen molar-refractivity contribution in [3.05, 3.63) is 65.1 Å². The average molecular weight is 373 g/mol. The maximum atomic E-state index is 12.3. The first-order chi connectivity index (χ1) is 10.3. The summed E-state index contributed by atoms with van der Waals surface area (Å²) >= 11 is 3.35. The number of hydrogen-bond donors (Lipinski definition) is 1. The van der Waals surface area contributed by atoms with Crippen molar-refractivity contribution in [2.75, 3.05) is 0 Å². The highest BCUT2D eigenvalue weighted by atomic mass is 79.9. The Morgan fingerprint density at radius 1 is 1.32 bits per heavy atom. The number of allylic oxidation sites excluding steroid dienone is 3. The molecule has 0 radical (unpaired) electrons. The van der Waals surface area contributed by atoms with Crippen LogP contribution in [-0.4, -0.2) is 16.1 Å². The number of rotatable bonds is 5. The van der Waals surface area contributed by atoms with Crippen LogP contribution in [0.25, 0.3) is 11.0 Å². The molecule has 1 aromatic carbocycles. The van der Waals surface area contributed by atoms with Gasteiger partial charge in [-0.25, -0.2) is 4.98 Å². The van der Waals surface area contributed by atoms with Gasteiger partial charge in [-0.2, -0.15) is 13.2 Å². The number of alkyl halides is 3. The van der Waals surface area contributed by atoms with Crippen molar-refractivity contribution in [3.63, 3.8) is 0 Å². The molecule has 0 bridgehead atoms. The number of hydrogen-bond acceptors (Lipinski definition) is 2. The van der Waals surface area contributed by atoms with Crippen LogP contribution in [0.15, 0.2) is 59.3 Å². The van der Waals surface area contributed by atoms with Gasteiger partial charge in [0.05, 0.1) is 11.0 Å². The number of ether oxygens (including phenoxy) is 1. The zero-order chi connectivity index (χ0) is 16.3. The molecule has 3 nitrogen and oxygen atoms in total. The van der Waals surface area contributed by atoms with Crippen LogP contribution in [0, 0.1) is 0 Å². The molecule has 0 saturated carbocycles. The first-order valence-corrected chi connectivity index (χ1v) is 6.95. The first-order valence-electron chi connectivity index (χ1n) is 6.16. The van der Waals surface area contributed by atoms with Gasteiger partial charge in [0, 0.05) is 10.0 Å². The highest BCUT2D eigenvalue weighted by Crippen LogP contribution is 2.25. The molecule has 0 fully saturated rings. The summed E-state index contributed by atoms with van der Waals surface area (Å²) in [5, 5.41) is 0. The Hall–Kier alpha value is -2.02. The number of H-pyrrole nitrogens is 1. The van der Waals surface area contributed by atoms with E-state index in [0.29, 0.717) is 5.82 Å². The average Bonchev–Trinajstić information content (AvgIpc) is 2.83. The lowest BCUT2D eigenvalue weighted by molar-refractivity contribution is -0.0878. The van der Waals surface area contributed by atoms with Gasteiger partial charge < -0.3 is 9.72 Å². The molecule has 0 unspecified atom stereocenters. The van der Waals surface area contributed by atoms with Gasteiger partial charge in [-0.3, -0.25) is 0 Å². The van der Waals surface area contributed by atoms with Crippen molar-refractivity contribution in [3.8, 4) is 0 Å². The van der Waals surface area contributed by atoms with E-state index in [0.717, 1.165) is 27.7 Å². The summed E-state index contributed by atoms with van der Waals surface area (Å²) < 4.78 is 43.0. The third-order valence-electron chi connectivity index (χ3n) is 2.72. The molecule has 0 aliphatic heterocycles. The van der Waals surface area contributed by atoms with E-state index >= 15 is 0 Å². The van der Waals surface area contributed by atoms with E-state index in [-0.39, 0.29) is 12.4 Å². The number of benzene rings is 1. The quantitative estimate of drug-likeness (QED) is 0.590. The predicted octanol–water partition coefficient (Wildman–Crippen LogP) is 5.03. The Bertz CT molecular complexity index is 747. The number of imidazole rings is 1. The van der Waals surface area contributed by atoms with E-state index in [9.17, 15) is 13.2 Å². The minimum absolute atomic E-state index is 0.0773. The third kappa shape index (κ3) is 4.24. The number of fused-ring (bicyclic) bond motifs is 1. The summed E-state index contributed by atoms with van der Waals surface area (Å²) in [6, 6.07) is 5.56. The Kier molecular flexibility index (Phi) is 4.75. The lowest BCUT2D eigenvalue weighted by atomic mass is 10.2. The molecule has 0 spiro atoms. The molecule has 0 atom stereocenters. The minimum Gasteiger partial charge on any atom is -0.486 e. The van der Waals surface area contributed by atoms with Crippen LogP contribution in [0.1, 0.15) is 5.82 Å². The fourth-order valence-electron chi connectivity index (χ4n) is 1.60. The Balaban J connectivity index is 1.95. The molecule has 22 heavy (non-hydrogen) atoms. The number of nitrogens with one attached hydrogen (secondary N) is 1. The summed E-state index contributed by atoms with van der Waals surface area (Å²) in [4.78, 5) is 7.35. The lowest BCUT2D eigenvalue weighted by Gasteiger charge is -2.06. The number of aromatic nitrogens is 2. The molecule has 0 aliphatic carbocycles. The summed E-state index contributed by atoms with van der Waals surface area (Å²) in [6.07, 6.45) is -2.52. The van der Waals surface area contributed by atoms with E-state index < -0.39 is 11.7 Å². The van der Waals surface area contributed by atoms with Gasteiger partial charge >= 0.3 is 6.18 Å². The van der Waals surface area contributed by atoms with Crippen LogP contribution in [0.3, 0.4) is 0 Å². The van der Waals surface area contributed by atoms with Gasteiger partial charge in [0.2, 0.25) is 0 Å². The van der Waals surface area contributed by atoms with Crippen LogP contribution >= 0.6 is 15.9 Å². The summed E-state index contributed by atoms with van der Waals surface area (Å²) in [6.45, 7) is 6.52. The molecule has 1 N–H and O–H groups in total. The Morgan fingerprint density at radius 3 is 2.73 bits per heavy atom. The number of nitrogens with zero attached hydrogens (tertiary/aromatic N) is 1. The van der Waals surface area contributed by atoms with Crippen molar-refractivity contribution < 1.29 is 17.9 Å². The summed E-state index contributed by atoms with van der Waals surface area (Å²) in [5.74, 6) is 0.643. The highest BCUT2D eigenvalue weighted by molar-refractivity contribution is 9.10. The Morgan fingerprint density at radius 2 is 2.05 bits per heavy atom. The maximum absolute atomic E-state index is 12.3. The molecule has 116 valence electrons. The molecule has 1 heterocycles. The van der Waals surface area contributed by atoms with E-state index in [1.165, 1.54) is 0 Å². The van der Waals surface area contributed by atoms with Crippen molar-refractivity contribution in [1.82, 2.24) is 9.97 Å². The summed E-state index contributed by atoms with van der Waals surface area (Å²) in [5.41, 5.74) is 0.638. The molecular weight excluding hydrogens is 361 g/mol. The smallest absolute Gasteiger partial charge is 0.415 e. The van der Waals surface area contributed by atoms with E-state index in [4.69, 9.17) is 4.74 Å². The van der Waals surface area contributed by atoms with Crippen molar-refractivity contribution in [2.45, 2.75) is 12.8 Å². The number of halogens is 4. The van der Waals surface area contributed by atoms with Gasteiger partial charge in [-0.15, -0.1) is 0 Å². The standard InChI is InChI=1S/C15H12BrF3N2O/c1-9(15(17,18)19)3-4-10(2)22-8-14-20-12-6-5-11(16)7-13(12)21-14/h3-7H,1-2,8H2,(H,20,21)/b4-3-. The van der Waals surface area contributed by atoms with E-state index in [1.54, 1.807) is 0 Å². The maximum Gasteiger partial charge on any atom is 0.415 e. The normalized spacial score (nSPS) is 12.0. The largest absolute Gasteiger partial charge is 0.486 e. The van der Waals surface area contributed by atoms with E-state index in [1.807, 2.05) is 18.2 Å². The topological polar surface area (TPSA) is 37.9 Å². The van der Waals surface area contributed by atoms with Gasteiger partial charge in [0.15, 0.2) is 0 Å². The third-order valence-corrected chi connectivity index (χ3v) is 3.22. The fourth-order valence-corrected chi connectivity index (χ4v) is 1.96.